The Balaban J connectivity index is 1.35. The van der Waals surface area contributed by atoms with Gasteiger partial charge in [-0.15, -0.1) is 0 Å². The molecule has 0 spiro atoms. The van der Waals surface area contributed by atoms with Gasteiger partial charge in [0, 0.05) is 27.4 Å². The lowest BCUT2D eigenvalue weighted by Gasteiger charge is -2.55. The van der Waals surface area contributed by atoms with Gasteiger partial charge >= 0.3 is 7.12 Å². The lowest BCUT2D eigenvalue weighted by atomic mass is 9.44. The third-order valence-electron chi connectivity index (χ3n) is 11.1. The lowest BCUT2D eigenvalue weighted by Crippen LogP contribution is -2.58. The minimum absolute atomic E-state index is 0.0520. The Kier molecular flexibility index (Phi) is 7.86. The molecule has 1 aliphatic heterocycles. The Morgan fingerprint density at radius 1 is 0.800 bits per heavy atom. The van der Waals surface area contributed by atoms with Crippen molar-refractivity contribution in [1.82, 2.24) is 0 Å². The summed E-state index contributed by atoms with van der Waals surface area (Å²) in [6, 6.07) is 29.3. The van der Waals surface area contributed by atoms with Gasteiger partial charge in [0.05, 0.1) is 22.9 Å². The number of carbonyl (C=O) groups is 4. The van der Waals surface area contributed by atoms with Crippen molar-refractivity contribution in [3.8, 4) is 5.75 Å². The molecule has 3 N–H and O–H groups in total. The number of phenols is 1. The summed E-state index contributed by atoms with van der Waals surface area (Å²) in [5.41, 5.74) is 1.63. The van der Waals surface area contributed by atoms with E-state index >= 15 is 4.79 Å². The maximum absolute atomic E-state index is 15.1. The van der Waals surface area contributed by atoms with E-state index in [0.717, 1.165) is 10.5 Å². The smallest absolute Gasteiger partial charge is 0.488 e. The minimum Gasteiger partial charge on any atom is -0.508 e. The van der Waals surface area contributed by atoms with Gasteiger partial charge in [0.1, 0.15) is 5.75 Å². The topological polar surface area (TPSA) is 132 Å². The summed E-state index contributed by atoms with van der Waals surface area (Å²) < 4.78 is 0.667. The van der Waals surface area contributed by atoms with Crippen molar-refractivity contribution in [2.24, 2.45) is 23.7 Å². The van der Waals surface area contributed by atoms with Gasteiger partial charge in [0.25, 0.3) is 0 Å². The Labute approximate surface area is 297 Å². The summed E-state index contributed by atoms with van der Waals surface area (Å²) in [6.07, 6.45) is 3.73. The highest BCUT2D eigenvalue weighted by atomic mass is 79.9. The van der Waals surface area contributed by atoms with Crippen molar-refractivity contribution >= 4 is 63.2 Å². The van der Waals surface area contributed by atoms with Gasteiger partial charge in [-0.25, -0.2) is 0 Å². The molecule has 0 bridgehead atoms. The van der Waals surface area contributed by atoms with Crippen LogP contribution in [0.3, 0.4) is 0 Å². The molecular weight excluding hydrogens is 697 g/mol. The molecule has 0 aromatic heterocycles. The van der Waals surface area contributed by atoms with E-state index in [1.165, 1.54) is 18.2 Å². The largest absolute Gasteiger partial charge is 0.508 e. The number of allylic oxidation sites excluding steroid dienone is 4. The number of anilines is 1. The number of phenolic OH excluding ortho intramolecular Hbond substituents is 1. The third kappa shape index (κ3) is 4.73. The normalized spacial score (nSPS) is 27.3. The van der Waals surface area contributed by atoms with Crippen molar-refractivity contribution in [3.63, 3.8) is 0 Å². The van der Waals surface area contributed by atoms with Crippen molar-refractivity contribution in [1.29, 1.82) is 0 Å². The van der Waals surface area contributed by atoms with Gasteiger partial charge < -0.3 is 15.2 Å². The summed E-state index contributed by atoms with van der Waals surface area (Å²) in [5.74, 6) is -5.37. The number of halogens is 1. The molecule has 1 saturated heterocycles. The first-order valence-electron chi connectivity index (χ1n) is 16.6. The van der Waals surface area contributed by atoms with Crippen LogP contribution < -0.4 is 10.4 Å². The van der Waals surface area contributed by atoms with Crippen LogP contribution in [0.25, 0.3) is 5.57 Å². The summed E-state index contributed by atoms with van der Waals surface area (Å²) in [7, 11) is -1.79. The van der Waals surface area contributed by atoms with E-state index in [0.29, 0.717) is 26.7 Å². The molecule has 4 aromatic rings. The van der Waals surface area contributed by atoms with Gasteiger partial charge in [-0.05, 0) is 71.8 Å². The molecular formula is C40H31BBrNO7. The standard InChI is InChI=1S/C40H31BBrNO7/c42-25-14-17-33(44)31(19-25)36-27-15-16-28-35(39(48)43(38(28)47)26-13-7-12-24(18-26)41(49)50)30(27)20-32-37(46)29(22-8-3-1-4-9-22)21-34(45)40(32,36)23-10-5-2-6-11-23/h1-15,17-19,21,28,30,32,35-36,44,49-50H,16,20H2/t28-,30+,32-,35-,36+,40-/m0/s1. The monoisotopic (exact) mass is 727 g/mol. The van der Waals surface area contributed by atoms with E-state index in [-0.39, 0.29) is 41.3 Å². The van der Waals surface area contributed by atoms with Gasteiger partial charge in [-0.1, -0.05) is 100 Å². The summed E-state index contributed by atoms with van der Waals surface area (Å²) in [5, 5.41) is 31.1. The first-order valence-corrected chi connectivity index (χ1v) is 17.4. The van der Waals surface area contributed by atoms with E-state index in [9.17, 15) is 29.5 Å². The average Bonchev–Trinajstić information content (AvgIpc) is 3.39. The fourth-order valence-electron chi connectivity index (χ4n) is 9.05. The number of nitrogens with zero attached hydrogens (tertiary/aromatic N) is 1. The Morgan fingerprint density at radius 2 is 1.52 bits per heavy atom. The van der Waals surface area contributed by atoms with E-state index in [1.807, 2.05) is 54.6 Å². The summed E-state index contributed by atoms with van der Waals surface area (Å²) in [4.78, 5) is 59.8. The van der Waals surface area contributed by atoms with E-state index in [4.69, 9.17) is 0 Å². The van der Waals surface area contributed by atoms with E-state index in [1.54, 1.807) is 42.5 Å². The number of fused-ring (bicyclic) bond motifs is 4. The Morgan fingerprint density at radius 3 is 2.24 bits per heavy atom. The number of hydrogen-bond acceptors (Lipinski definition) is 7. The van der Waals surface area contributed by atoms with Crippen LogP contribution in [0.4, 0.5) is 5.69 Å². The maximum Gasteiger partial charge on any atom is 0.488 e. The molecule has 8 rings (SSSR count). The Hall–Kier alpha value is -4.90. The summed E-state index contributed by atoms with van der Waals surface area (Å²) in [6.45, 7) is 0. The predicted molar refractivity (Wildman–Crippen MR) is 191 cm³/mol. The second-order valence-electron chi connectivity index (χ2n) is 13.5. The zero-order valence-electron chi connectivity index (χ0n) is 26.6. The zero-order valence-corrected chi connectivity index (χ0v) is 28.2. The number of hydrogen-bond donors (Lipinski definition) is 3. The summed E-state index contributed by atoms with van der Waals surface area (Å²) >= 11 is 3.56. The molecule has 0 unspecified atom stereocenters. The highest BCUT2D eigenvalue weighted by molar-refractivity contribution is 9.10. The number of aromatic hydroxyl groups is 1. The van der Waals surface area contributed by atoms with Crippen molar-refractivity contribution in [2.45, 2.75) is 24.2 Å². The lowest BCUT2D eigenvalue weighted by molar-refractivity contribution is -0.135. The van der Waals surface area contributed by atoms with Crippen LogP contribution in [0.15, 0.2) is 125 Å². The Bertz CT molecular complexity index is 2150. The fraction of sp³-hybridized carbons (Fsp3) is 0.200. The van der Waals surface area contributed by atoms with Crippen LogP contribution in [0.5, 0.6) is 5.75 Å². The fourth-order valence-corrected chi connectivity index (χ4v) is 9.43. The third-order valence-corrected chi connectivity index (χ3v) is 11.6. The number of imide groups is 1. The van der Waals surface area contributed by atoms with E-state index < -0.39 is 53.9 Å². The van der Waals surface area contributed by atoms with Gasteiger partial charge in [-0.3, -0.25) is 24.1 Å². The van der Waals surface area contributed by atoms with Crippen molar-refractivity contribution < 1.29 is 34.3 Å². The molecule has 2 amide bonds. The van der Waals surface area contributed by atoms with Crippen molar-refractivity contribution in [2.75, 3.05) is 4.90 Å². The molecule has 10 heteroatoms. The van der Waals surface area contributed by atoms with Crippen LogP contribution in [-0.2, 0) is 24.6 Å². The number of Topliss-reactive ketones (excluding diaryl/α,β-unsaturated/α-hetero) is 1. The minimum atomic E-state index is -1.79. The maximum atomic E-state index is 15.1. The highest BCUT2D eigenvalue weighted by Gasteiger charge is 2.66. The molecule has 8 nitrogen and oxygen atoms in total. The quantitative estimate of drug-likeness (QED) is 0.152. The molecule has 4 aliphatic rings. The number of ketones is 2. The average molecular weight is 728 g/mol. The van der Waals surface area contributed by atoms with Crippen LogP contribution in [0.2, 0.25) is 0 Å². The van der Waals surface area contributed by atoms with Crippen LogP contribution in [-0.4, -0.2) is 45.7 Å². The molecule has 4 aromatic carbocycles. The molecule has 1 saturated carbocycles. The van der Waals surface area contributed by atoms with Crippen LogP contribution in [0.1, 0.15) is 35.4 Å². The predicted octanol–water partition coefficient (Wildman–Crippen LogP) is 4.86. The molecule has 1 heterocycles. The number of amides is 2. The molecule has 50 heavy (non-hydrogen) atoms. The second kappa shape index (κ2) is 12.2. The highest BCUT2D eigenvalue weighted by Crippen LogP contribution is 2.64. The first kappa shape index (κ1) is 32.3. The van der Waals surface area contributed by atoms with Gasteiger partial charge in [0.15, 0.2) is 11.6 Å². The molecule has 248 valence electrons. The van der Waals surface area contributed by atoms with Crippen molar-refractivity contribution in [3.05, 3.63) is 142 Å². The second-order valence-corrected chi connectivity index (χ2v) is 14.4. The molecule has 2 fully saturated rings. The SMILES string of the molecule is O=C1C(c2ccccc2)=CC(=O)[C@@]2(c3ccccc3)[C@@H](c3cc(Br)ccc3O)C3=CC[C@@H]4C(=O)N(c5cccc(B(O)O)c5)C(=O)[C@@H]4[C@@H]3C[C@@H]12. The first-order chi connectivity index (χ1) is 24.1. The van der Waals surface area contributed by atoms with E-state index in [2.05, 4.69) is 15.9 Å². The molecule has 3 aliphatic carbocycles. The molecule has 0 radical (unpaired) electrons. The zero-order chi connectivity index (χ0) is 34.9. The number of carbonyl (C=O) groups excluding carboxylic acids is 4. The number of rotatable bonds is 5. The number of benzene rings is 4. The van der Waals surface area contributed by atoms with Crippen LogP contribution >= 0.6 is 15.9 Å². The van der Waals surface area contributed by atoms with Gasteiger partial charge in [-0.2, -0.15) is 0 Å². The van der Waals surface area contributed by atoms with Crippen LogP contribution in [0, 0.1) is 23.7 Å². The molecule has 6 atom stereocenters. The van der Waals surface area contributed by atoms with Gasteiger partial charge in [0.2, 0.25) is 11.8 Å².